The highest BCUT2D eigenvalue weighted by atomic mass is 16.7. The number of nitrogens with zero attached hydrogens (tertiary/aromatic N) is 2. The van der Waals surface area contributed by atoms with Crippen LogP contribution < -0.4 is 9.96 Å². The zero-order valence-corrected chi connectivity index (χ0v) is 15.8. The molecule has 2 aromatic rings. The third-order valence-electron chi connectivity index (χ3n) is 5.22. The van der Waals surface area contributed by atoms with Crippen LogP contribution in [0, 0.1) is 18.8 Å². The number of anilines is 2. The molecule has 0 aromatic heterocycles. The molecule has 2 fully saturated rings. The summed E-state index contributed by atoms with van der Waals surface area (Å²) in [5.41, 5.74) is 2.51. The van der Waals surface area contributed by atoms with E-state index >= 15 is 0 Å². The van der Waals surface area contributed by atoms with E-state index in [1.165, 1.54) is 4.90 Å². The highest BCUT2D eigenvalue weighted by Crippen LogP contribution is 2.42. The minimum atomic E-state index is -0.762. The number of imide groups is 1. The molecule has 5 heteroatoms. The summed E-state index contributed by atoms with van der Waals surface area (Å²) < 4.78 is 0. The number of benzene rings is 2. The van der Waals surface area contributed by atoms with Gasteiger partial charge in [-0.3, -0.25) is 14.4 Å². The van der Waals surface area contributed by atoms with E-state index in [9.17, 15) is 9.59 Å². The summed E-state index contributed by atoms with van der Waals surface area (Å²) in [6, 6.07) is 17.0. The molecule has 0 spiro atoms. The molecule has 2 aliphatic heterocycles. The van der Waals surface area contributed by atoms with Crippen LogP contribution in [0.5, 0.6) is 0 Å². The van der Waals surface area contributed by atoms with Gasteiger partial charge in [0.05, 0.1) is 23.3 Å². The topological polar surface area (TPSA) is 49.9 Å². The Morgan fingerprint density at radius 3 is 2.33 bits per heavy atom. The normalized spacial score (nSPS) is 24.8. The van der Waals surface area contributed by atoms with E-state index in [2.05, 4.69) is 13.8 Å². The first-order chi connectivity index (χ1) is 13.0. The zero-order chi connectivity index (χ0) is 19.1. The Balaban J connectivity index is 1.70. The van der Waals surface area contributed by atoms with Crippen LogP contribution in [0.3, 0.4) is 0 Å². The third kappa shape index (κ3) is 3.02. The summed E-state index contributed by atoms with van der Waals surface area (Å²) in [4.78, 5) is 33.7. The van der Waals surface area contributed by atoms with Crippen LogP contribution >= 0.6 is 0 Å². The molecular weight excluding hydrogens is 340 g/mol. The Morgan fingerprint density at radius 2 is 1.67 bits per heavy atom. The molecular formula is C22H24N2O3. The molecule has 2 aromatic carbocycles. The lowest BCUT2D eigenvalue weighted by Crippen LogP contribution is -2.41. The van der Waals surface area contributed by atoms with Crippen molar-refractivity contribution in [2.75, 3.05) is 9.96 Å². The zero-order valence-electron chi connectivity index (χ0n) is 15.8. The SMILES string of the molecule is Cc1cccc(N2C(=O)C3ON(c4ccccc4)C(CC(C)C)C3C2=O)c1. The van der Waals surface area contributed by atoms with Gasteiger partial charge in [0.1, 0.15) is 0 Å². The molecule has 2 amide bonds. The molecule has 27 heavy (non-hydrogen) atoms. The molecule has 0 radical (unpaired) electrons. The van der Waals surface area contributed by atoms with Crippen molar-refractivity contribution in [3.63, 3.8) is 0 Å². The van der Waals surface area contributed by atoms with E-state index in [0.717, 1.165) is 17.7 Å². The fourth-order valence-electron chi connectivity index (χ4n) is 4.07. The summed E-state index contributed by atoms with van der Waals surface area (Å²) in [5.74, 6) is -0.553. The Morgan fingerprint density at radius 1 is 0.963 bits per heavy atom. The van der Waals surface area contributed by atoms with Gasteiger partial charge >= 0.3 is 0 Å². The Kier molecular flexibility index (Phi) is 4.48. The summed E-state index contributed by atoms with van der Waals surface area (Å²) in [7, 11) is 0. The fraction of sp³-hybridized carbons (Fsp3) is 0.364. The monoisotopic (exact) mass is 364 g/mol. The molecule has 4 rings (SSSR count). The van der Waals surface area contributed by atoms with Crippen molar-refractivity contribution >= 4 is 23.2 Å². The molecule has 2 aliphatic rings. The number of para-hydroxylation sites is 1. The number of rotatable bonds is 4. The minimum absolute atomic E-state index is 0.163. The molecule has 2 heterocycles. The van der Waals surface area contributed by atoms with E-state index in [1.54, 1.807) is 11.1 Å². The molecule has 3 unspecified atom stereocenters. The van der Waals surface area contributed by atoms with Gasteiger partial charge in [-0.1, -0.05) is 44.2 Å². The summed E-state index contributed by atoms with van der Waals surface area (Å²) >= 11 is 0. The second-order valence-electron chi connectivity index (χ2n) is 7.76. The standard InChI is InChI=1S/C22H24N2O3/c1-14(2)12-18-19-20(27-24(18)16-9-5-4-6-10-16)22(26)23(21(19)25)17-11-7-8-15(3)13-17/h4-11,13-14,18-20H,12H2,1-3H3. The van der Waals surface area contributed by atoms with Gasteiger partial charge in [-0.15, -0.1) is 0 Å². The van der Waals surface area contributed by atoms with Crippen molar-refractivity contribution in [1.82, 2.24) is 0 Å². The van der Waals surface area contributed by atoms with Gasteiger partial charge in [-0.25, -0.2) is 9.96 Å². The first kappa shape index (κ1) is 17.7. The van der Waals surface area contributed by atoms with Crippen molar-refractivity contribution in [2.45, 2.75) is 39.3 Å². The van der Waals surface area contributed by atoms with Crippen molar-refractivity contribution < 1.29 is 14.4 Å². The van der Waals surface area contributed by atoms with E-state index in [4.69, 9.17) is 4.84 Å². The van der Waals surface area contributed by atoms with Crippen LogP contribution in [-0.4, -0.2) is 24.0 Å². The number of hydrogen-bond acceptors (Lipinski definition) is 4. The van der Waals surface area contributed by atoms with Gasteiger partial charge in [0.15, 0.2) is 6.10 Å². The molecule has 5 nitrogen and oxygen atoms in total. The van der Waals surface area contributed by atoms with Crippen molar-refractivity contribution in [1.29, 1.82) is 0 Å². The van der Waals surface area contributed by atoms with E-state index in [-0.39, 0.29) is 17.9 Å². The second-order valence-corrected chi connectivity index (χ2v) is 7.76. The molecule has 0 bridgehead atoms. The summed E-state index contributed by atoms with van der Waals surface area (Å²) in [6.07, 6.45) is 0.0125. The second kappa shape index (κ2) is 6.82. The summed E-state index contributed by atoms with van der Waals surface area (Å²) in [5, 5.41) is 1.78. The molecule has 0 saturated carbocycles. The van der Waals surface area contributed by atoms with E-state index in [1.807, 2.05) is 55.5 Å². The maximum absolute atomic E-state index is 13.3. The molecule has 2 saturated heterocycles. The average Bonchev–Trinajstić information content (AvgIpc) is 3.12. The maximum Gasteiger partial charge on any atom is 0.266 e. The van der Waals surface area contributed by atoms with Crippen LogP contribution in [0.25, 0.3) is 0 Å². The first-order valence-electron chi connectivity index (χ1n) is 9.43. The molecule has 3 atom stereocenters. The Bertz CT molecular complexity index is 865. The lowest BCUT2D eigenvalue weighted by atomic mass is 9.90. The maximum atomic E-state index is 13.3. The number of fused-ring (bicyclic) bond motifs is 1. The van der Waals surface area contributed by atoms with Crippen LogP contribution in [0.4, 0.5) is 11.4 Å². The highest BCUT2D eigenvalue weighted by molar-refractivity contribution is 6.23. The summed E-state index contributed by atoms with van der Waals surface area (Å²) in [6.45, 7) is 6.19. The largest absolute Gasteiger partial charge is 0.273 e. The quantitative estimate of drug-likeness (QED) is 0.776. The molecule has 140 valence electrons. The Labute approximate surface area is 159 Å². The van der Waals surface area contributed by atoms with Gasteiger partial charge < -0.3 is 0 Å². The molecule has 0 aliphatic carbocycles. The lowest BCUT2D eigenvalue weighted by Gasteiger charge is -2.29. The van der Waals surface area contributed by atoms with Crippen molar-refractivity contribution in [2.24, 2.45) is 11.8 Å². The molecule has 0 N–H and O–H groups in total. The van der Waals surface area contributed by atoms with Crippen LogP contribution in [0.2, 0.25) is 0 Å². The smallest absolute Gasteiger partial charge is 0.266 e. The number of amides is 2. The predicted octanol–water partition coefficient (Wildman–Crippen LogP) is 3.72. The van der Waals surface area contributed by atoms with Gasteiger partial charge in [0.25, 0.3) is 5.91 Å². The number of carbonyl (C=O) groups is 2. The van der Waals surface area contributed by atoms with Gasteiger partial charge in [0, 0.05) is 0 Å². The average molecular weight is 364 g/mol. The third-order valence-corrected chi connectivity index (χ3v) is 5.22. The number of hydrogen-bond donors (Lipinski definition) is 0. The number of carbonyl (C=O) groups excluding carboxylic acids is 2. The van der Waals surface area contributed by atoms with Crippen LogP contribution in [0.15, 0.2) is 54.6 Å². The van der Waals surface area contributed by atoms with E-state index in [0.29, 0.717) is 11.6 Å². The number of hydroxylamine groups is 1. The van der Waals surface area contributed by atoms with Gasteiger partial charge in [0.2, 0.25) is 5.91 Å². The first-order valence-corrected chi connectivity index (χ1v) is 9.43. The fourth-order valence-corrected chi connectivity index (χ4v) is 4.07. The van der Waals surface area contributed by atoms with Crippen molar-refractivity contribution in [3.05, 3.63) is 60.2 Å². The highest BCUT2D eigenvalue weighted by Gasteiger charge is 2.59. The lowest BCUT2D eigenvalue weighted by molar-refractivity contribution is -0.126. The van der Waals surface area contributed by atoms with Gasteiger partial charge in [-0.2, -0.15) is 0 Å². The predicted molar refractivity (Wildman–Crippen MR) is 104 cm³/mol. The van der Waals surface area contributed by atoms with Crippen LogP contribution in [0.1, 0.15) is 25.8 Å². The van der Waals surface area contributed by atoms with Crippen LogP contribution in [-0.2, 0) is 14.4 Å². The minimum Gasteiger partial charge on any atom is -0.273 e. The van der Waals surface area contributed by atoms with Crippen molar-refractivity contribution in [3.8, 4) is 0 Å². The Hall–Kier alpha value is -2.66. The van der Waals surface area contributed by atoms with E-state index < -0.39 is 12.0 Å². The number of aryl methyl sites for hydroxylation is 1. The van der Waals surface area contributed by atoms with Gasteiger partial charge in [-0.05, 0) is 49.1 Å².